The van der Waals surface area contributed by atoms with Gasteiger partial charge in [0, 0.05) is 6.42 Å². The van der Waals surface area contributed by atoms with E-state index in [1.165, 1.54) is 0 Å². The summed E-state index contributed by atoms with van der Waals surface area (Å²) in [5, 5.41) is 24.0. The number of hydrogen-bond acceptors (Lipinski definition) is 4. The number of para-hydroxylation sites is 2. The summed E-state index contributed by atoms with van der Waals surface area (Å²) in [5.41, 5.74) is -0.0160. The maximum Gasteiger partial charge on any atom is 0.408 e. The predicted octanol–water partition coefficient (Wildman–Crippen LogP) is 0.626. The third-order valence-corrected chi connectivity index (χ3v) is 3.87. The minimum Gasteiger partial charge on any atom is -0.480 e. The van der Waals surface area contributed by atoms with Crippen LogP contribution < -0.4 is 10.6 Å². The van der Waals surface area contributed by atoms with Crippen molar-refractivity contribution in [3.8, 4) is 0 Å². The van der Waals surface area contributed by atoms with Gasteiger partial charge in [0.2, 0.25) is 0 Å². The molecule has 8 heteroatoms. The number of anilines is 2. The van der Waals surface area contributed by atoms with Crippen molar-refractivity contribution in [1.29, 1.82) is 0 Å². The smallest absolute Gasteiger partial charge is 0.408 e. The molecule has 1 fully saturated rings. The topological polar surface area (TPSA) is 119 Å². The van der Waals surface area contributed by atoms with Crippen LogP contribution in [0.1, 0.15) is 6.42 Å². The van der Waals surface area contributed by atoms with E-state index in [4.69, 9.17) is 10.2 Å². The number of likely N-dealkylation sites (tertiary alicyclic amines) is 1. The second kappa shape index (κ2) is 4.37. The molecule has 2 atom stereocenters. The molecular weight excluding hydrogens is 278 g/mol. The number of carboxylic acids is 1. The Morgan fingerprint density at radius 3 is 2.48 bits per heavy atom. The van der Waals surface area contributed by atoms with Crippen LogP contribution in [0.25, 0.3) is 0 Å². The number of hydrogen-bond donors (Lipinski definition) is 4. The number of amides is 2. The van der Waals surface area contributed by atoms with Crippen molar-refractivity contribution in [3.05, 3.63) is 24.3 Å². The highest BCUT2D eigenvalue weighted by molar-refractivity contribution is 6.07. The summed E-state index contributed by atoms with van der Waals surface area (Å²) in [7, 11) is 0. The lowest BCUT2D eigenvalue weighted by Gasteiger charge is -2.35. The summed E-state index contributed by atoms with van der Waals surface area (Å²) in [4.78, 5) is 35.5. The second-order valence-electron chi connectivity index (χ2n) is 5.18. The van der Waals surface area contributed by atoms with Crippen LogP contribution in [-0.4, -0.2) is 51.2 Å². The van der Waals surface area contributed by atoms with Gasteiger partial charge < -0.3 is 20.8 Å². The van der Waals surface area contributed by atoms with Crippen LogP contribution in [0.15, 0.2) is 24.3 Å². The molecule has 0 unspecified atom stereocenters. The zero-order valence-corrected chi connectivity index (χ0v) is 10.9. The predicted molar refractivity (Wildman–Crippen MR) is 72.2 cm³/mol. The molecule has 0 aliphatic carbocycles. The zero-order valence-electron chi connectivity index (χ0n) is 10.9. The van der Waals surface area contributed by atoms with Gasteiger partial charge in [0.25, 0.3) is 5.91 Å². The van der Waals surface area contributed by atoms with Crippen molar-refractivity contribution in [2.75, 3.05) is 17.2 Å². The van der Waals surface area contributed by atoms with Crippen molar-refractivity contribution in [1.82, 2.24) is 4.90 Å². The molecule has 1 spiro atoms. The van der Waals surface area contributed by atoms with Crippen LogP contribution in [-0.2, 0) is 9.59 Å². The second-order valence-corrected chi connectivity index (χ2v) is 5.18. The maximum atomic E-state index is 12.3. The average molecular weight is 291 g/mol. The van der Waals surface area contributed by atoms with Crippen LogP contribution in [0, 0.1) is 0 Å². The third-order valence-electron chi connectivity index (χ3n) is 3.87. The molecule has 8 nitrogen and oxygen atoms in total. The Kier molecular flexibility index (Phi) is 2.75. The zero-order chi connectivity index (χ0) is 15.2. The molecule has 110 valence electrons. The fraction of sp³-hybridized carbons (Fsp3) is 0.308. The van der Waals surface area contributed by atoms with Gasteiger partial charge in [0.05, 0.1) is 17.9 Å². The largest absolute Gasteiger partial charge is 0.480 e. The van der Waals surface area contributed by atoms with E-state index in [-0.39, 0.29) is 13.0 Å². The van der Waals surface area contributed by atoms with E-state index in [1.54, 1.807) is 24.3 Å². The van der Waals surface area contributed by atoms with Crippen molar-refractivity contribution in [2.45, 2.75) is 18.0 Å². The number of aliphatic carboxylic acids is 1. The van der Waals surface area contributed by atoms with Gasteiger partial charge >= 0.3 is 12.1 Å². The van der Waals surface area contributed by atoms with Crippen LogP contribution in [0.5, 0.6) is 0 Å². The Labute approximate surface area is 119 Å². The van der Waals surface area contributed by atoms with E-state index in [9.17, 15) is 14.4 Å². The Hall–Kier alpha value is -2.77. The Morgan fingerprint density at radius 1 is 1.24 bits per heavy atom. The van der Waals surface area contributed by atoms with Crippen molar-refractivity contribution < 1.29 is 24.6 Å². The molecule has 1 saturated heterocycles. The summed E-state index contributed by atoms with van der Waals surface area (Å²) in [6.07, 6.45) is -1.47. The van der Waals surface area contributed by atoms with Gasteiger partial charge in [-0.15, -0.1) is 0 Å². The van der Waals surface area contributed by atoms with Gasteiger partial charge in [0.15, 0.2) is 0 Å². The molecule has 2 aliphatic rings. The molecule has 0 saturated carbocycles. The Balaban J connectivity index is 1.97. The molecule has 1 aromatic rings. The first kappa shape index (κ1) is 13.2. The molecule has 0 radical (unpaired) electrons. The minimum absolute atomic E-state index is 0.116. The van der Waals surface area contributed by atoms with Crippen LogP contribution >= 0.6 is 0 Å². The van der Waals surface area contributed by atoms with Gasteiger partial charge in [-0.05, 0) is 12.1 Å². The average Bonchev–Trinajstić information content (AvgIpc) is 2.81. The lowest BCUT2D eigenvalue weighted by molar-refractivity contribution is -0.141. The van der Waals surface area contributed by atoms with Crippen molar-refractivity contribution in [2.24, 2.45) is 0 Å². The number of nitrogens with one attached hydrogen (secondary N) is 2. The van der Waals surface area contributed by atoms with Gasteiger partial charge in [-0.1, -0.05) is 12.1 Å². The highest BCUT2D eigenvalue weighted by atomic mass is 16.4. The molecule has 3 rings (SSSR count). The summed E-state index contributed by atoms with van der Waals surface area (Å²) in [6, 6.07) is 5.75. The van der Waals surface area contributed by atoms with E-state index in [0.29, 0.717) is 11.4 Å². The lowest BCUT2D eigenvalue weighted by atomic mass is 9.91. The highest BCUT2D eigenvalue weighted by Crippen LogP contribution is 2.38. The molecular formula is C13H13N3O5. The van der Waals surface area contributed by atoms with Crippen LogP contribution in [0.3, 0.4) is 0 Å². The normalized spacial score (nSPS) is 27.0. The Morgan fingerprint density at radius 2 is 1.90 bits per heavy atom. The van der Waals surface area contributed by atoms with E-state index >= 15 is 0 Å². The number of fused-ring (bicyclic) bond motifs is 1. The summed E-state index contributed by atoms with van der Waals surface area (Å²) in [6.45, 7) is -0.209. The lowest BCUT2D eigenvalue weighted by Crippen LogP contribution is -2.54. The standard InChI is InChI=1S/C13H13N3O5/c17-10(18)9-5-13(6-16(9)12(20)21)11(19)14-7-3-1-2-4-8(7)15-13/h1-4,9,15H,5-6H2,(H,14,19)(H,17,18)(H,20,21)/t9-,13+/m0/s1. The van der Waals surface area contributed by atoms with Crippen molar-refractivity contribution >= 4 is 29.3 Å². The number of rotatable bonds is 1. The van der Waals surface area contributed by atoms with E-state index in [0.717, 1.165) is 4.90 Å². The summed E-state index contributed by atoms with van der Waals surface area (Å²) < 4.78 is 0. The first-order valence-corrected chi connectivity index (χ1v) is 6.34. The molecule has 4 N–H and O–H groups in total. The van der Waals surface area contributed by atoms with Crippen LogP contribution in [0.4, 0.5) is 16.2 Å². The van der Waals surface area contributed by atoms with Crippen LogP contribution in [0.2, 0.25) is 0 Å². The summed E-state index contributed by atoms with van der Waals surface area (Å²) >= 11 is 0. The Bertz CT molecular complexity index is 622. The van der Waals surface area contributed by atoms with E-state index < -0.39 is 29.6 Å². The van der Waals surface area contributed by atoms with E-state index in [1.807, 2.05) is 0 Å². The summed E-state index contributed by atoms with van der Waals surface area (Å²) in [5.74, 6) is -1.68. The molecule has 2 aliphatic heterocycles. The monoisotopic (exact) mass is 291 g/mol. The SMILES string of the molecule is O=C(O)[C@@H]1C[C@]2(CN1C(=O)O)Nc1ccccc1NC2=O. The third kappa shape index (κ3) is 1.95. The minimum atomic E-state index is -1.35. The number of carbonyl (C=O) groups is 3. The fourth-order valence-electron chi connectivity index (χ4n) is 2.84. The molecule has 0 bridgehead atoms. The quantitative estimate of drug-likeness (QED) is 0.602. The highest BCUT2D eigenvalue weighted by Gasteiger charge is 2.55. The van der Waals surface area contributed by atoms with Gasteiger partial charge in [-0.2, -0.15) is 0 Å². The number of carbonyl (C=O) groups excluding carboxylic acids is 1. The van der Waals surface area contributed by atoms with Gasteiger partial charge in [-0.3, -0.25) is 9.69 Å². The van der Waals surface area contributed by atoms with E-state index in [2.05, 4.69) is 10.6 Å². The number of benzene rings is 1. The van der Waals surface area contributed by atoms with Gasteiger partial charge in [0.1, 0.15) is 11.6 Å². The first-order valence-electron chi connectivity index (χ1n) is 6.34. The fourth-order valence-corrected chi connectivity index (χ4v) is 2.84. The number of carboxylic acid groups (broad SMARTS) is 2. The van der Waals surface area contributed by atoms with Crippen molar-refractivity contribution in [3.63, 3.8) is 0 Å². The molecule has 1 aromatic carbocycles. The van der Waals surface area contributed by atoms with Gasteiger partial charge in [-0.25, -0.2) is 9.59 Å². The molecule has 2 heterocycles. The first-order chi connectivity index (χ1) is 9.93. The number of nitrogens with zero attached hydrogens (tertiary/aromatic N) is 1. The molecule has 0 aromatic heterocycles. The molecule has 2 amide bonds. The maximum absolute atomic E-state index is 12.3. The molecule has 21 heavy (non-hydrogen) atoms.